The van der Waals surface area contributed by atoms with Crippen molar-refractivity contribution in [2.24, 2.45) is 0 Å². The number of rotatable bonds is 10. The molecule has 3 aromatic carbocycles. The molecule has 0 aliphatic heterocycles. The Labute approximate surface area is 245 Å². The molecule has 0 aliphatic carbocycles. The predicted octanol–water partition coefficient (Wildman–Crippen LogP) is 7.36. The quantitative estimate of drug-likeness (QED) is 0.257. The number of alkyl halides is 3. The Bertz CT molecular complexity index is 1330. The van der Waals surface area contributed by atoms with Crippen molar-refractivity contribution in [3.63, 3.8) is 0 Å². The van der Waals surface area contributed by atoms with E-state index in [2.05, 4.69) is 70.0 Å². The smallest absolute Gasteiger partial charge is 0.490 e. The Hall–Kier alpha value is -4.05. The summed E-state index contributed by atoms with van der Waals surface area (Å²) in [6, 6.07) is 20.3. The van der Waals surface area contributed by atoms with Gasteiger partial charge in [-0.1, -0.05) is 30.3 Å². The summed E-state index contributed by atoms with van der Waals surface area (Å²) in [4.78, 5) is 24.2. The van der Waals surface area contributed by atoms with Gasteiger partial charge in [0.15, 0.2) is 11.5 Å². The Balaban J connectivity index is 0.000000782. The molecular weight excluding hydrogens is 549 g/mol. The number of amides is 1. The number of anilines is 1. The summed E-state index contributed by atoms with van der Waals surface area (Å²) in [6.07, 6.45) is -5.08. The van der Waals surface area contributed by atoms with Crippen LogP contribution in [-0.4, -0.2) is 60.4 Å². The molecule has 0 aliphatic rings. The van der Waals surface area contributed by atoms with Crippen molar-refractivity contribution in [2.45, 2.75) is 59.8 Å². The molecule has 10 heteroatoms. The van der Waals surface area contributed by atoms with E-state index in [1.165, 1.54) is 16.7 Å². The fraction of sp³-hybridized carbons (Fsp3) is 0.375. The molecule has 3 aromatic rings. The van der Waals surface area contributed by atoms with E-state index in [1.54, 1.807) is 7.11 Å². The first-order chi connectivity index (χ1) is 19.6. The maximum Gasteiger partial charge on any atom is 0.490 e. The Morgan fingerprint density at radius 1 is 0.929 bits per heavy atom. The summed E-state index contributed by atoms with van der Waals surface area (Å²) >= 11 is 0. The maximum absolute atomic E-state index is 12.9. The van der Waals surface area contributed by atoms with Crippen molar-refractivity contribution in [3.8, 4) is 22.6 Å². The second kappa shape index (κ2) is 15.3. The zero-order chi connectivity index (χ0) is 31.6. The van der Waals surface area contributed by atoms with Crippen molar-refractivity contribution in [1.29, 1.82) is 0 Å². The first-order valence-electron chi connectivity index (χ1n) is 13.5. The van der Waals surface area contributed by atoms with Gasteiger partial charge in [0.1, 0.15) is 6.61 Å². The highest BCUT2D eigenvalue weighted by Gasteiger charge is 2.38. The van der Waals surface area contributed by atoms with Crippen molar-refractivity contribution in [1.82, 2.24) is 4.90 Å². The fourth-order valence-electron chi connectivity index (χ4n) is 4.31. The maximum atomic E-state index is 12.9. The second-order valence-electron chi connectivity index (χ2n) is 10.2. The lowest BCUT2D eigenvalue weighted by atomic mass is 9.96. The van der Waals surface area contributed by atoms with Crippen molar-refractivity contribution < 1.29 is 37.3 Å². The molecule has 0 heterocycles. The predicted molar refractivity (Wildman–Crippen MR) is 158 cm³/mol. The van der Waals surface area contributed by atoms with Gasteiger partial charge in [-0.2, -0.15) is 13.2 Å². The lowest BCUT2D eigenvalue weighted by molar-refractivity contribution is -0.192. The van der Waals surface area contributed by atoms with Crippen LogP contribution in [0.1, 0.15) is 49.2 Å². The molecular formula is C32H39F3N2O5. The number of aliphatic carboxylic acids is 1. The van der Waals surface area contributed by atoms with E-state index >= 15 is 0 Å². The van der Waals surface area contributed by atoms with Crippen molar-refractivity contribution in [2.75, 3.05) is 25.6 Å². The van der Waals surface area contributed by atoms with E-state index in [-0.39, 0.29) is 5.91 Å². The standard InChI is InChI=1S/C30H38N2O3.C2HF3O2/c1-20(2)32(21(3)4)17-18-35-29-19-26(15-16-28(29)34-7)31-30(33)25-13-11-24(12-14-25)27-10-8-9-22(5)23(27)6;3-2(4,5)1(6)7/h8-16,19-21H,17-18H2,1-7H3,(H,31,33);(H,6,7). The zero-order valence-corrected chi connectivity index (χ0v) is 25.0. The molecule has 228 valence electrons. The minimum absolute atomic E-state index is 0.167. The number of benzene rings is 3. The van der Waals surface area contributed by atoms with Gasteiger partial charge in [0.25, 0.3) is 5.91 Å². The molecule has 1 amide bonds. The third-order valence-corrected chi connectivity index (χ3v) is 6.66. The van der Waals surface area contributed by atoms with E-state index in [4.69, 9.17) is 19.4 Å². The third kappa shape index (κ3) is 9.80. The molecule has 0 saturated heterocycles. The lowest BCUT2D eigenvalue weighted by Crippen LogP contribution is -2.39. The van der Waals surface area contributed by atoms with Crippen LogP contribution in [0.15, 0.2) is 60.7 Å². The van der Waals surface area contributed by atoms with Crippen LogP contribution in [0, 0.1) is 13.8 Å². The van der Waals surface area contributed by atoms with Crippen molar-refractivity contribution in [3.05, 3.63) is 77.4 Å². The van der Waals surface area contributed by atoms with Gasteiger partial charge in [-0.25, -0.2) is 4.79 Å². The minimum Gasteiger partial charge on any atom is -0.493 e. The van der Waals surface area contributed by atoms with Crippen LogP contribution >= 0.6 is 0 Å². The number of carbonyl (C=O) groups is 2. The zero-order valence-electron chi connectivity index (χ0n) is 25.0. The minimum atomic E-state index is -5.08. The second-order valence-corrected chi connectivity index (χ2v) is 10.2. The van der Waals surface area contributed by atoms with Crippen LogP contribution in [-0.2, 0) is 4.79 Å². The molecule has 2 N–H and O–H groups in total. The van der Waals surface area contributed by atoms with Crippen LogP contribution in [0.2, 0.25) is 0 Å². The van der Waals surface area contributed by atoms with E-state index in [0.29, 0.717) is 41.4 Å². The van der Waals surface area contributed by atoms with E-state index in [9.17, 15) is 18.0 Å². The number of halogens is 3. The topological polar surface area (TPSA) is 88.1 Å². The molecule has 0 bridgehead atoms. The van der Waals surface area contributed by atoms with E-state index < -0.39 is 12.1 Å². The molecule has 7 nitrogen and oxygen atoms in total. The van der Waals surface area contributed by atoms with Crippen LogP contribution in [0.25, 0.3) is 11.1 Å². The molecule has 0 unspecified atom stereocenters. The summed E-state index contributed by atoms with van der Waals surface area (Å²) in [5, 5.41) is 10.1. The average molecular weight is 589 g/mol. The summed E-state index contributed by atoms with van der Waals surface area (Å²) < 4.78 is 43.3. The lowest BCUT2D eigenvalue weighted by Gasteiger charge is -2.30. The van der Waals surface area contributed by atoms with Gasteiger partial charge in [0.05, 0.1) is 7.11 Å². The first kappa shape index (κ1) is 34.2. The van der Waals surface area contributed by atoms with Crippen LogP contribution in [0.4, 0.5) is 18.9 Å². The summed E-state index contributed by atoms with van der Waals surface area (Å²) in [5.74, 6) is -1.67. The van der Waals surface area contributed by atoms with Crippen molar-refractivity contribution >= 4 is 17.6 Å². The first-order valence-corrected chi connectivity index (χ1v) is 13.5. The number of nitrogens with one attached hydrogen (secondary N) is 1. The van der Waals surface area contributed by atoms with Gasteiger partial charge in [-0.3, -0.25) is 9.69 Å². The Kier molecular flexibility index (Phi) is 12.4. The molecule has 0 fully saturated rings. The summed E-state index contributed by atoms with van der Waals surface area (Å²) in [5.41, 5.74) is 6.04. The fourth-order valence-corrected chi connectivity index (χ4v) is 4.31. The molecule has 0 saturated carbocycles. The van der Waals surface area contributed by atoms with Gasteiger partial charge in [-0.05, 0) is 88.1 Å². The number of methoxy groups -OCH3 is 1. The van der Waals surface area contributed by atoms with Gasteiger partial charge < -0.3 is 19.9 Å². The number of nitrogens with zero attached hydrogens (tertiary/aromatic N) is 1. The monoisotopic (exact) mass is 588 g/mol. The van der Waals surface area contributed by atoms with Gasteiger partial charge >= 0.3 is 12.1 Å². The molecule has 0 aromatic heterocycles. The highest BCUT2D eigenvalue weighted by molar-refractivity contribution is 6.04. The molecule has 0 radical (unpaired) electrons. The number of hydrogen-bond acceptors (Lipinski definition) is 5. The summed E-state index contributed by atoms with van der Waals surface area (Å²) in [6.45, 7) is 14.3. The van der Waals surface area contributed by atoms with Gasteiger partial charge in [0, 0.05) is 35.9 Å². The highest BCUT2D eigenvalue weighted by atomic mass is 19.4. The third-order valence-electron chi connectivity index (χ3n) is 6.66. The normalized spacial score (nSPS) is 11.3. The van der Waals surface area contributed by atoms with Gasteiger partial charge in [0.2, 0.25) is 0 Å². The number of carboxylic acid groups (broad SMARTS) is 1. The molecule has 0 spiro atoms. The van der Waals surface area contributed by atoms with Crippen LogP contribution < -0.4 is 14.8 Å². The highest BCUT2D eigenvalue weighted by Crippen LogP contribution is 2.31. The molecule has 42 heavy (non-hydrogen) atoms. The number of carboxylic acids is 1. The summed E-state index contributed by atoms with van der Waals surface area (Å²) in [7, 11) is 1.62. The number of aryl methyl sites for hydroxylation is 1. The van der Waals surface area contributed by atoms with Crippen LogP contribution in [0.5, 0.6) is 11.5 Å². The number of ether oxygens (including phenoxy) is 2. The number of hydrogen-bond donors (Lipinski definition) is 2. The number of carbonyl (C=O) groups excluding carboxylic acids is 1. The Morgan fingerprint density at radius 2 is 1.52 bits per heavy atom. The average Bonchev–Trinajstić information content (AvgIpc) is 2.92. The Morgan fingerprint density at radius 3 is 2.05 bits per heavy atom. The largest absolute Gasteiger partial charge is 0.493 e. The molecule has 3 rings (SSSR count). The van der Waals surface area contributed by atoms with E-state index in [1.807, 2.05) is 42.5 Å². The SMILES string of the molecule is COc1ccc(NC(=O)c2ccc(-c3cccc(C)c3C)cc2)cc1OCCN(C(C)C)C(C)C.O=C(O)C(F)(F)F. The van der Waals surface area contributed by atoms with Gasteiger partial charge in [-0.15, -0.1) is 0 Å². The molecule has 0 atom stereocenters. The van der Waals surface area contributed by atoms with E-state index in [0.717, 1.165) is 12.1 Å². The van der Waals surface area contributed by atoms with Crippen LogP contribution in [0.3, 0.4) is 0 Å².